The van der Waals surface area contributed by atoms with E-state index in [1.807, 2.05) is 24.4 Å². The Balaban J connectivity index is 2.16. The third kappa shape index (κ3) is 3.91. The van der Waals surface area contributed by atoms with Crippen LogP contribution in [0.5, 0.6) is 0 Å². The van der Waals surface area contributed by atoms with Gasteiger partial charge >= 0.3 is 0 Å². The van der Waals surface area contributed by atoms with Gasteiger partial charge in [-0.25, -0.2) is 8.42 Å². The van der Waals surface area contributed by atoms with Crippen molar-refractivity contribution in [1.82, 2.24) is 14.1 Å². The SMILES string of the molecule is CCN(Cc1cccs1)S(=O)(=O)c1cnn(CCCN)c1. The van der Waals surface area contributed by atoms with Crippen molar-refractivity contribution in [3.05, 3.63) is 34.8 Å². The maximum absolute atomic E-state index is 12.6. The zero-order valence-electron chi connectivity index (χ0n) is 12.0. The number of nitrogens with two attached hydrogens (primary N) is 1. The second kappa shape index (κ2) is 7.17. The maximum atomic E-state index is 12.6. The molecule has 0 aliphatic carbocycles. The molecule has 2 rings (SSSR count). The summed E-state index contributed by atoms with van der Waals surface area (Å²) in [6.07, 6.45) is 3.75. The fourth-order valence-corrected chi connectivity index (χ4v) is 4.13. The summed E-state index contributed by atoms with van der Waals surface area (Å²) in [4.78, 5) is 1.26. The third-order valence-corrected chi connectivity index (χ3v) is 5.84. The standard InChI is InChI=1S/C13H20N4O2S2/c1-2-17(10-12-5-3-8-20-12)21(18,19)13-9-15-16(11-13)7-4-6-14/h3,5,8-9,11H,2,4,6-7,10,14H2,1H3. The highest BCUT2D eigenvalue weighted by Gasteiger charge is 2.25. The normalized spacial score (nSPS) is 12.1. The first-order valence-electron chi connectivity index (χ1n) is 6.83. The molecule has 0 atom stereocenters. The highest BCUT2D eigenvalue weighted by Crippen LogP contribution is 2.19. The van der Waals surface area contributed by atoms with Gasteiger partial charge in [-0.05, 0) is 24.4 Å². The molecule has 0 spiro atoms. The Morgan fingerprint density at radius 2 is 2.29 bits per heavy atom. The molecule has 0 aliphatic heterocycles. The van der Waals surface area contributed by atoms with Crippen LogP contribution in [-0.2, 0) is 23.1 Å². The average Bonchev–Trinajstić information content (AvgIpc) is 3.13. The van der Waals surface area contributed by atoms with Gasteiger partial charge in [-0.15, -0.1) is 11.3 Å². The van der Waals surface area contributed by atoms with Crippen molar-refractivity contribution < 1.29 is 8.42 Å². The highest BCUT2D eigenvalue weighted by atomic mass is 32.2. The molecule has 6 nitrogen and oxygen atoms in total. The number of aromatic nitrogens is 2. The fourth-order valence-electron chi connectivity index (χ4n) is 1.95. The molecule has 2 heterocycles. The molecular formula is C13H20N4O2S2. The van der Waals surface area contributed by atoms with Crippen LogP contribution in [0, 0.1) is 0 Å². The Morgan fingerprint density at radius 1 is 1.48 bits per heavy atom. The lowest BCUT2D eigenvalue weighted by molar-refractivity contribution is 0.426. The van der Waals surface area contributed by atoms with Gasteiger partial charge in [0.1, 0.15) is 4.90 Å². The zero-order valence-corrected chi connectivity index (χ0v) is 13.6. The second-order valence-electron chi connectivity index (χ2n) is 4.59. The summed E-state index contributed by atoms with van der Waals surface area (Å²) in [5.41, 5.74) is 5.45. The van der Waals surface area contributed by atoms with Gasteiger partial charge in [0, 0.05) is 30.7 Å². The number of thiophene rings is 1. The van der Waals surface area contributed by atoms with Gasteiger partial charge in [-0.3, -0.25) is 4.68 Å². The summed E-state index contributed by atoms with van der Waals surface area (Å²) in [7, 11) is -3.51. The second-order valence-corrected chi connectivity index (χ2v) is 7.56. The van der Waals surface area contributed by atoms with Gasteiger partial charge in [0.15, 0.2) is 0 Å². The molecule has 2 aromatic rings. The van der Waals surface area contributed by atoms with E-state index in [1.54, 1.807) is 22.2 Å². The van der Waals surface area contributed by atoms with Crippen molar-refractivity contribution in [3.8, 4) is 0 Å². The first-order chi connectivity index (χ1) is 10.1. The molecule has 0 radical (unpaired) electrons. The van der Waals surface area contributed by atoms with Crippen molar-refractivity contribution >= 4 is 21.4 Å². The van der Waals surface area contributed by atoms with Crippen LogP contribution in [-0.4, -0.2) is 35.6 Å². The number of aryl methyl sites for hydroxylation is 1. The summed E-state index contributed by atoms with van der Waals surface area (Å²) in [5.74, 6) is 0. The molecule has 21 heavy (non-hydrogen) atoms. The van der Waals surface area contributed by atoms with Crippen molar-refractivity contribution in [1.29, 1.82) is 0 Å². The predicted octanol–water partition coefficient (Wildman–Crippen LogP) is 1.50. The van der Waals surface area contributed by atoms with Crippen LogP contribution in [0.2, 0.25) is 0 Å². The Labute approximate surface area is 129 Å². The zero-order chi connectivity index (χ0) is 15.3. The van der Waals surface area contributed by atoms with Crippen LogP contribution < -0.4 is 5.73 Å². The van der Waals surface area contributed by atoms with Gasteiger partial charge in [-0.1, -0.05) is 13.0 Å². The number of hydrogen-bond acceptors (Lipinski definition) is 5. The molecule has 0 bridgehead atoms. The molecule has 0 aliphatic rings. The first kappa shape index (κ1) is 16.2. The summed E-state index contributed by atoms with van der Waals surface area (Å²) in [6, 6.07) is 3.86. The number of hydrogen-bond donors (Lipinski definition) is 1. The highest BCUT2D eigenvalue weighted by molar-refractivity contribution is 7.89. The maximum Gasteiger partial charge on any atom is 0.246 e. The van der Waals surface area contributed by atoms with Gasteiger partial charge in [-0.2, -0.15) is 9.40 Å². The molecule has 0 unspecified atom stereocenters. The van der Waals surface area contributed by atoms with Crippen LogP contribution in [0.25, 0.3) is 0 Å². The Hall–Kier alpha value is -1.22. The fraction of sp³-hybridized carbons (Fsp3) is 0.462. The van der Waals surface area contributed by atoms with E-state index in [9.17, 15) is 8.42 Å². The molecular weight excluding hydrogens is 308 g/mol. The molecule has 116 valence electrons. The molecule has 2 aromatic heterocycles. The lowest BCUT2D eigenvalue weighted by Crippen LogP contribution is -2.29. The lowest BCUT2D eigenvalue weighted by atomic mass is 10.4. The van der Waals surface area contributed by atoms with Crippen LogP contribution in [0.4, 0.5) is 0 Å². The average molecular weight is 328 g/mol. The van der Waals surface area contributed by atoms with E-state index in [2.05, 4.69) is 5.10 Å². The van der Waals surface area contributed by atoms with Crippen LogP contribution in [0.15, 0.2) is 34.8 Å². The van der Waals surface area contributed by atoms with E-state index in [1.165, 1.54) is 10.5 Å². The van der Waals surface area contributed by atoms with Gasteiger partial charge < -0.3 is 5.73 Å². The van der Waals surface area contributed by atoms with E-state index in [4.69, 9.17) is 5.73 Å². The van der Waals surface area contributed by atoms with Crippen molar-refractivity contribution in [2.24, 2.45) is 5.73 Å². The lowest BCUT2D eigenvalue weighted by Gasteiger charge is -2.18. The summed E-state index contributed by atoms with van der Waals surface area (Å²) >= 11 is 1.55. The number of sulfonamides is 1. The van der Waals surface area contributed by atoms with Gasteiger partial charge in [0.2, 0.25) is 10.0 Å². The Kier molecular flexibility index (Phi) is 5.51. The number of nitrogens with zero attached hydrogens (tertiary/aromatic N) is 3. The monoisotopic (exact) mass is 328 g/mol. The quantitative estimate of drug-likeness (QED) is 0.796. The minimum atomic E-state index is -3.51. The first-order valence-corrected chi connectivity index (χ1v) is 9.15. The van der Waals surface area contributed by atoms with Crippen molar-refractivity contribution in [3.63, 3.8) is 0 Å². The topological polar surface area (TPSA) is 81.2 Å². The van der Waals surface area contributed by atoms with Crippen molar-refractivity contribution in [2.45, 2.75) is 31.3 Å². The van der Waals surface area contributed by atoms with E-state index < -0.39 is 10.0 Å². The van der Waals surface area contributed by atoms with Crippen LogP contribution in [0.3, 0.4) is 0 Å². The van der Waals surface area contributed by atoms with E-state index in [0.717, 1.165) is 11.3 Å². The van der Waals surface area contributed by atoms with Crippen LogP contribution >= 0.6 is 11.3 Å². The largest absolute Gasteiger partial charge is 0.330 e. The summed E-state index contributed by atoms with van der Waals surface area (Å²) in [6.45, 7) is 3.84. The number of rotatable bonds is 8. The Morgan fingerprint density at radius 3 is 2.90 bits per heavy atom. The predicted molar refractivity (Wildman–Crippen MR) is 83.5 cm³/mol. The summed E-state index contributed by atoms with van der Waals surface area (Å²) < 4.78 is 28.3. The van der Waals surface area contributed by atoms with E-state index in [0.29, 0.717) is 26.2 Å². The third-order valence-electron chi connectivity index (χ3n) is 3.10. The molecule has 8 heteroatoms. The molecule has 0 amide bonds. The van der Waals surface area contributed by atoms with Gasteiger partial charge in [0.05, 0.1) is 6.20 Å². The summed E-state index contributed by atoms with van der Waals surface area (Å²) in [5, 5.41) is 6.04. The molecule has 0 aromatic carbocycles. The molecule has 0 saturated carbocycles. The van der Waals surface area contributed by atoms with E-state index >= 15 is 0 Å². The molecule has 0 saturated heterocycles. The van der Waals surface area contributed by atoms with E-state index in [-0.39, 0.29) is 4.90 Å². The van der Waals surface area contributed by atoms with Gasteiger partial charge in [0.25, 0.3) is 0 Å². The molecule has 2 N–H and O–H groups in total. The van der Waals surface area contributed by atoms with Crippen molar-refractivity contribution in [2.75, 3.05) is 13.1 Å². The minimum Gasteiger partial charge on any atom is -0.330 e. The Bertz CT molecular complexity index is 650. The molecule has 0 fully saturated rings. The smallest absolute Gasteiger partial charge is 0.246 e. The van der Waals surface area contributed by atoms with Crippen LogP contribution in [0.1, 0.15) is 18.2 Å². The minimum absolute atomic E-state index is 0.234.